The zero-order valence-corrected chi connectivity index (χ0v) is 12.9. The van der Waals surface area contributed by atoms with E-state index in [4.69, 9.17) is 9.26 Å². The second-order valence-electron chi connectivity index (χ2n) is 5.85. The molecule has 2 atom stereocenters. The van der Waals surface area contributed by atoms with Gasteiger partial charge < -0.3 is 14.6 Å². The van der Waals surface area contributed by atoms with Crippen molar-refractivity contribution in [2.45, 2.75) is 65.0 Å². The number of aryl methyl sites for hydroxylation is 1. The highest BCUT2D eigenvalue weighted by Crippen LogP contribution is 2.23. The van der Waals surface area contributed by atoms with E-state index in [0.29, 0.717) is 24.4 Å². The molecule has 0 saturated carbocycles. The van der Waals surface area contributed by atoms with E-state index in [9.17, 15) is 0 Å². The van der Waals surface area contributed by atoms with Crippen molar-refractivity contribution >= 4 is 0 Å². The van der Waals surface area contributed by atoms with E-state index in [1.807, 2.05) is 6.92 Å². The summed E-state index contributed by atoms with van der Waals surface area (Å²) < 4.78 is 11.1. The summed E-state index contributed by atoms with van der Waals surface area (Å²) in [6.07, 6.45) is 5.74. The van der Waals surface area contributed by atoms with Gasteiger partial charge in [-0.15, -0.1) is 0 Å². The first-order valence-corrected chi connectivity index (χ1v) is 7.88. The van der Waals surface area contributed by atoms with Crippen molar-refractivity contribution in [3.63, 3.8) is 0 Å². The summed E-state index contributed by atoms with van der Waals surface area (Å²) in [5.74, 6) is 1.77. The number of nitrogens with zero attached hydrogens (tertiary/aromatic N) is 2. The van der Waals surface area contributed by atoms with E-state index in [2.05, 4.69) is 29.3 Å². The standard InChI is InChI=1S/C15H27N3O2/c1-4-19-14(11(2)3)15-17-13(20-18-15)9-8-12-7-5-6-10-16-12/h11-12,14,16H,4-10H2,1-3H3. The van der Waals surface area contributed by atoms with Gasteiger partial charge in [-0.1, -0.05) is 25.4 Å². The van der Waals surface area contributed by atoms with Gasteiger partial charge in [-0.25, -0.2) is 0 Å². The first kappa shape index (κ1) is 15.4. The van der Waals surface area contributed by atoms with Crippen LogP contribution in [-0.4, -0.2) is 29.3 Å². The fourth-order valence-corrected chi connectivity index (χ4v) is 2.70. The molecule has 5 nitrogen and oxygen atoms in total. The van der Waals surface area contributed by atoms with Crippen molar-refractivity contribution in [1.82, 2.24) is 15.5 Å². The second kappa shape index (κ2) is 7.74. The Morgan fingerprint density at radius 2 is 2.25 bits per heavy atom. The lowest BCUT2D eigenvalue weighted by Crippen LogP contribution is -2.34. The molecular weight excluding hydrogens is 254 g/mol. The minimum absolute atomic E-state index is 0.0645. The summed E-state index contributed by atoms with van der Waals surface area (Å²) >= 11 is 0. The molecule has 2 rings (SSSR count). The van der Waals surface area contributed by atoms with Gasteiger partial charge in [-0.2, -0.15) is 4.98 Å². The maximum Gasteiger partial charge on any atom is 0.226 e. The summed E-state index contributed by atoms with van der Waals surface area (Å²) in [6.45, 7) is 8.02. The van der Waals surface area contributed by atoms with Gasteiger partial charge in [0.15, 0.2) is 0 Å². The first-order chi connectivity index (χ1) is 9.70. The quantitative estimate of drug-likeness (QED) is 0.832. The van der Waals surface area contributed by atoms with Gasteiger partial charge in [-0.3, -0.25) is 0 Å². The lowest BCUT2D eigenvalue weighted by Gasteiger charge is -2.22. The molecule has 1 aliphatic rings. The Bertz CT molecular complexity index is 386. The first-order valence-electron chi connectivity index (χ1n) is 7.88. The van der Waals surface area contributed by atoms with Crippen LogP contribution in [0.25, 0.3) is 0 Å². The highest BCUT2D eigenvalue weighted by Gasteiger charge is 2.22. The van der Waals surface area contributed by atoms with E-state index in [1.165, 1.54) is 19.3 Å². The van der Waals surface area contributed by atoms with Crippen LogP contribution >= 0.6 is 0 Å². The molecule has 1 aliphatic heterocycles. The fourth-order valence-electron chi connectivity index (χ4n) is 2.70. The zero-order chi connectivity index (χ0) is 14.4. The predicted molar refractivity (Wildman–Crippen MR) is 77.5 cm³/mol. The van der Waals surface area contributed by atoms with Crippen LogP contribution in [-0.2, 0) is 11.2 Å². The van der Waals surface area contributed by atoms with Gasteiger partial charge in [0.2, 0.25) is 11.7 Å². The maximum atomic E-state index is 5.70. The molecule has 5 heteroatoms. The summed E-state index contributed by atoms with van der Waals surface area (Å²) in [7, 11) is 0. The summed E-state index contributed by atoms with van der Waals surface area (Å²) in [4.78, 5) is 4.50. The second-order valence-corrected chi connectivity index (χ2v) is 5.85. The van der Waals surface area contributed by atoms with Crippen LogP contribution < -0.4 is 5.32 Å². The Morgan fingerprint density at radius 1 is 1.40 bits per heavy atom. The molecule has 0 aliphatic carbocycles. The van der Waals surface area contributed by atoms with E-state index < -0.39 is 0 Å². The molecule has 114 valence electrons. The third-order valence-corrected chi connectivity index (χ3v) is 3.81. The van der Waals surface area contributed by atoms with E-state index >= 15 is 0 Å². The van der Waals surface area contributed by atoms with Crippen LogP contribution in [0.15, 0.2) is 4.52 Å². The largest absolute Gasteiger partial charge is 0.370 e. The number of aromatic nitrogens is 2. The highest BCUT2D eigenvalue weighted by atomic mass is 16.5. The monoisotopic (exact) mass is 281 g/mol. The summed E-state index contributed by atoms with van der Waals surface area (Å²) in [5.41, 5.74) is 0. The molecule has 2 heterocycles. The van der Waals surface area contributed by atoms with Crippen molar-refractivity contribution < 1.29 is 9.26 Å². The number of hydrogen-bond acceptors (Lipinski definition) is 5. The van der Waals surface area contributed by atoms with Crippen molar-refractivity contribution in [2.24, 2.45) is 5.92 Å². The van der Waals surface area contributed by atoms with Gasteiger partial charge in [0.1, 0.15) is 6.10 Å². The van der Waals surface area contributed by atoms with Gasteiger partial charge >= 0.3 is 0 Å². The van der Waals surface area contributed by atoms with Crippen LogP contribution in [0, 0.1) is 5.92 Å². The van der Waals surface area contributed by atoms with E-state index in [-0.39, 0.29) is 6.10 Å². The SMILES string of the molecule is CCOC(c1noc(CCC2CCCCN2)n1)C(C)C. The van der Waals surface area contributed by atoms with Crippen LogP contribution in [0.3, 0.4) is 0 Å². The molecule has 1 fully saturated rings. The predicted octanol–water partition coefficient (Wildman–Crippen LogP) is 2.88. The molecule has 0 radical (unpaired) electrons. The molecule has 1 N–H and O–H groups in total. The molecule has 0 aromatic carbocycles. The molecular formula is C15H27N3O2. The van der Waals surface area contributed by atoms with Crippen LogP contribution in [0.2, 0.25) is 0 Å². The lowest BCUT2D eigenvalue weighted by molar-refractivity contribution is 0.0217. The molecule has 2 unspecified atom stereocenters. The van der Waals surface area contributed by atoms with Crippen molar-refractivity contribution in [3.8, 4) is 0 Å². The lowest BCUT2D eigenvalue weighted by atomic mass is 10.0. The molecule has 1 aromatic heterocycles. The Morgan fingerprint density at radius 3 is 2.90 bits per heavy atom. The molecule has 0 bridgehead atoms. The fraction of sp³-hybridized carbons (Fsp3) is 0.867. The number of hydrogen-bond donors (Lipinski definition) is 1. The number of piperidine rings is 1. The molecule has 1 saturated heterocycles. The van der Waals surface area contributed by atoms with E-state index in [0.717, 1.165) is 25.3 Å². The Labute approximate surface area is 121 Å². The molecule has 1 aromatic rings. The molecule has 0 spiro atoms. The van der Waals surface area contributed by atoms with Gasteiger partial charge in [0.05, 0.1) is 0 Å². The van der Waals surface area contributed by atoms with Crippen LogP contribution in [0.4, 0.5) is 0 Å². The molecule has 20 heavy (non-hydrogen) atoms. The normalized spacial score (nSPS) is 21.3. The summed E-state index contributed by atoms with van der Waals surface area (Å²) in [5, 5.41) is 7.63. The topological polar surface area (TPSA) is 60.2 Å². The Hall–Kier alpha value is -0.940. The Kier molecular flexibility index (Phi) is 5.98. The number of ether oxygens (including phenoxy) is 1. The Balaban J connectivity index is 1.87. The van der Waals surface area contributed by atoms with Crippen molar-refractivity contribution in [2.75, 3.05) is 13.2 Å². The van der Waals surface area contributed by atoms with Gasteiger partial charge in [0, 0.05) is 19.1 Å². The van der Waals surface area contributed by atoms with Gasteiger partial charge in [-0.05, 0) is 38.6 Å². The third-order valence-electron chi connectivity index (χ3n) is 3.81. The number of nitrogens with one attached hydrogen (secondary N) is 1. The molecule has 0 amide bonds. The maximum absolute atomic E-state index is 5.70. The zero-order valence-electron chi connectivity index (χ0n) is 12.9. The van der Waals surface area contributed by atoms with Crippen molar-refractivity contribution in [3.05, 3.63) is 11.7 Å². The van der Waals surface area contributed by atoms with E-state index in [1.54, 1.807) is 0 Å². The van der Waals surface area contributed by atoms with Crippen LogP contribution in [0.5, 0.6) is 0 Å². The number of rotatable bonds is 7. The van der Waals surface area contributed by atoms with Crippen LogP contribution in [0.1, 0.15) is 64.3 Å². The smallest absolute Gasteiger partial charge is 0.226 e. The van der Waals surface area contributed by atoms with Crippen molar-refractivity contribution in [1.29, 1.82) is 0 Å². The average Bonchev–Trinajstić information content (AvgIpc) is 2.92. The minimum atomic E-state index is -0.0645. The summed E-state index contributed by atoms with van der Waals surface area (Å²) in [6, 6.07) is 0.604. The third kappa shape index (κ3) is 4.28. The van der Waals surface area contributed by atoms with Gasteiger partial charge in [0.25, 0.3) is 0 Å². The highest BCUT2D eigenvalue weighted by molar-refractivity contribution is 4.93. The minimum Gasteiger partial charge on any atom is -0.370 e. The average molecular weight is 281 g/mol.